The molecule has 0 aliphatic carbocycles. The normalized spacial score (nSPS) is 24.7. The van der Waals surface area contributed by atoms with Gasteiger partial charge in [0.1, 0.15) is 0 Å². The molecular weight excluding hydrogens is 260 g/mol. The molecule has 0 amide bonds. The van der Waals surface area contributed by atoms with Crippen LogP contribution < -0.4 is 4.72 Å². The predicted octanol–water partition coefficient (Wildman–Crippen LogP) is 1.41. The third-order valence-corrected chi connectivity index (χ3v) is 4.61. The van der Waals surface area contributed by atoms with Crippen LogP contribution in [-0.2, 0) is 10.0 Å². The molecule has 1 saturated heterocycles. The van der Waals surface area contributed by atoms with Gasteiger partial charge in [0.15, 0.2) is 0 Å². The first kappa shape index (κ1) is 14.5. The van der Waals surface area contributed by atoms with Gasteiger partial charge in [0, 0.05) is 25.0 Å². The number of nitrogens with zero attached hydrogens (tertiary/aromatic N) is 1. The highest BCUT2D eigenvalue weighted by molar-refractivity contribution is 7.88. The second-order valence-corrected chi connectivity index (χ2v) is 7.08. The van der Waals surface area contributed by atoms with Gasteiger partial charge < -0.3 is 0 Å². The van der Waals surface area contributed by atoms with E-state index in [1.165, 1.54) is 11.8 Å². The summed E-state index contributed by atoms with van der Waals surface area (Å²) in [4.78, 5) is 2.36. The lowest BCUT2D eigenvalue weighted by atomic mass is 9.93. The van der Waals surface area contributed by atoms with Crippen molar-refractivity contribution in [3.63, 3.8) is 0 Å². The fraction of sp³-hybridized carbons (Fsp3) is 0.571. The lowest BCUT2D eigenvalue weighted by molar-refractivity contribution is 0.264. The fourth-order valence-corrected chi connectivity index (χ4v) is 3.30. The molecule has 0 radical (unpaired) electrons. The van der Waals surface area contributed by atoms with E-state index in [0.717, 1.165) is 19.5 Å². The van der Waals surface area contributed by atoms with Gasteiger partial charge in [0.2, 0.25) is 10.0 Å². The lowest BCUT2D eigenvalue weighted by Crippen LogP contribution is -2.37. The van der Waals surface area contributed by atoms with Gasteiger partial charge in [-0.3, -0.25) is 4.90 Å². The van der Waals surface area contributed by atoms with Crippen molar-refractivity contribution in [3.05, 3.63) is 35.9 Å². The van der Waals surface area contributed by atoms with Crippen molar-refractivity contribution < 1.29 is 8.42 Å². The molecule has 1 heterocycles. The first-order valence-corrected chi connectivity index (χ1v) is 8.60. The molecule has 5 heteroatoms. The molecule has 1 aromatic carbocycles. The minimum atomic E-state index is -3.08. The predicted molar refractivity (Wildman–Crippen MR) is 77.7 cm³/mol. The molecular formula is C14H22N2O2S. The summed E-state index contributed by atoms with van der Waals surface area (Å²) >= 11 is 0. The SMILES string of the molecule is C[C@H]1[C@@H](c2ccccc2)CCN1CCNS(C)(=O)=O. The number of benzene rings is 1. The van der Waals surface area contributed by atoms with Gasteiger partial charge in [-0.1, -0.05) is 30.3 Å². The van der Waals surface area contributed by atoms with Gasteiger partial charge in [-0.15, -0.1) is 0 Å². The zero-order chi connectivity index (χ0) is 13.9. The minimum Gasteiger partial charge on any atom is -0.299 e. The molecule has 1 aliphatic heterocycles. The van der Waals surface area contributed by atoms with Crippen LogP contribution >= 0.6 is 0 Å². The van der Waals surface area contributed by atoms with Crippen molar-refractivity contribution in [3.8, 4) is 0 Å². The first-order chi connectivity index (χ1) is 8.97. The number of sulfonamides is 1. The van der Waals surface area contributed by atoms with E-state index in [0.29, 0.717) is 18.5 Å². The number of nitrogens with one attached hydrogen (secondary N) is 1. The summed E-state index contributed by atoms with van der Waals surface area (Å²) in [6.45, 7) is 4.53. The highest BCUT2D eigenvalue weighted by Gasteiger charge is 2.31. The summed E-state index contributed by atoms with van der Waals surface area (Å²) in [6.07, 6.45) is 2.34. The minimum absolute atomic E-state index is 0.462. The van der Waals surface area contributed by atoms with Crippen LogP contribution in [0.15, 0.2) is 30.3 Å². The lowest BCUT2D eigenvalue weighted by Gasteiger charge is -2.24. The molecule has 106 valence electrons. The monoisotopic (exact) mass is 282 g/mol. The van der Waals surface area contributed by atoms with Gasteiger partial charge in [-0.05, 0) is 25.5 Å². The Labute approximate surface area is 115 Å². The Bertz CT molecular complexity index is 501. The van der Waals surface area contributed by atoms with E-state index in [2.05, 4.69) is 40.8 Å². The summed E-state index contributed by atoms with van der Waals surface area (Å²) in [5.41, 5.74) is 1.38. The molecule has 4 nitrogen and oxygen atoms in total. The van der Waals surface area contributed by atoms with Gasteiger partial charge >= 0.3 is 0 Å². The Hall–Kier alpha value is -0.910. The maximum Gasteiger partial charge on any atom is 0.208 e. The van der Waals surface area contributed by atoms with E-state index in [1.807, 2.05) is 6.07 Å². The Morgan fingerprint density at radius 2 is 2.00 bits per heavy atom. The molecule has 1 N–H and O–H groups in total. The zero-order valence-electron chi connectivity index (χ0n) is 11.5. The van der Waals surface area contributed by atoms with Crippen LogP contribution in [0.25, 0.3) is 0 Å². The van der Waals surface area contributed by atoms with Gasteiger partial charge in [0.05, 0.1) is 6.26 Å². The maximum absolute atomic E-state index is 11.0. The van der Waals surface area contributed by atoms with E-state index >= 15 is 0 Å². The second kappa shape index (κ2) is 6.03. The summed E-state index contributed by atoms with van der Waals surface area (Å²) in [6, 6.07) is 11.0. The smallest absolute Gasteiger partial charge is 0.208 e. The van der Waals surface area contributed by atoms with Crippen LogP contribution in [0.4, 0.5) is 0 Å². The Morgan fingerprint density at radius 3 is 2.63 bits per heavy atom. The van der Waals surface area contributed by atoms with Crippen LogP contribution in [0, 0.1) is 0 Å². The Balaban J connectivity index is 1.89. The Morgan fingerprint density at radius 1 is 1.32 bits per heavy atom. The molecule has 1 aromatic rings. The molecule has 19 heavy (non-hydrogen) atoms. The Kier molecular flexibility index (Phi) is 4.60. The molecule has 2 rings (SSSR count). The molecule has 0 aromatic heterocycles. The van der Waals surface area contributed by atoms with Gasteiger partial charge in [-0.25, -0.2) is 13.1 Å². The zero-order valence-corrected chi connectivity index (χ0v) is 12.4. The molecule has 2 atom stereocenters. The highest BCUT2D eigenvalue weighted by Crippen LogP contribution is 2.32. The highest BCUT2D eigenvalue weighted by atomic mass is 32.2. The largest absolute Gasteiger partial charge is 0.299 e. The summed E-state index contributed by atoms with van der Waals surface area (Å²) in [5.74, 6) is 0.555. The number of likely N-dealkylation sites (tertiary alicyclic amines) is 1. The second-order valence-electron chi connectivity index (χ2n) is 5.25. The number of rotatable bonds is 5. The quantitative estimate of drug-likeness (QED) is 0.888. The molecule has 1 fully saturated rings. The third-order valence-electron chi connectivity index (χ3n) is 3.88. The number of hydrogen-bond acceptors (Lipinski definition) is 3. The van der Waals surface area contributed by atoms with E-state index < -0.39 is 10.0 Å². The van der Waals surface area contributed by atoms with Gasteiger partial charge in [0.25, 0.3) is 0 Å². The fourth-order valence-electron chi connectivity index (χ4n) is 2.84. The van der Waals surface area contributed by atoms with Crippen molar-refractivity contribution in [2.24, 2.45) is 0 Å². The number of hydrogen-bond donors (Lipinski definition) is 1. The van der Waals surface area contributed by atoms with Gasteiger partial charge in [-0.2, -0.15) is 0 Å². The van der Waals surface area contributed by atoms with Crippen LogP contribution in [0.2, 0.25) is 0 Å². The molecule has 0 bridgehead atoms. The van der Waals surface area contributed by atoms with E-state index in [1.54, 1.807) is 0 Å². The van der Waals surface area contributed by atoms with Crippen LogP contribution in [-0.4, -0.2) is 45.2 Å². The van der Waals surface area contributed by atoms with E-state index in [-0.39, 0.29) is 0 Å². The van der Waals surface area contributed by atoms with Crippen molar-refractivity contribution in [1.82, 2.24) is 9.62 Å². The van der Waals surface area contributed by atoms with Crippen LogP contribution in [0.5, 0.6) is 0 Å². The average Bonchev–Trinajstić information content (AvgIpc) is 2.71. The summed E-state index contributed by atoms with van der Waals surface area (Å²) in [5, 5.41) is 0. The molecule has 0 unspecified atom stereocenters. The topological polar surface area (TPSA) is 49.4 Å². The molecule has 0 spiro atoms. The van der Waals surface area contributed by atoms with E-state index in [4.69, 9.17) is 0 Å². The average molecular weight is 282 g/mol. The van der Waals surface area contributed by atoms with Crippen LogP contribution in [0.1, 0.15) is 24.8 Å². The molecule has 1 aliphatic rings. The maximum atomic E-state index is 11.0. The first-order valence-electron chi connectivity index (χ1n) is 6.71. The summed E-state index contributed by atoms with van der Waals surface area (Å²) < 4.78 is 24.6. The van der Waals surface area contributed by atoms with Crippen molar-refractivity contribution >= 4 is 10.0 Å². The van der Waals surface area contributed by atoms with E-state index in [9.17, 15) is 8.42 Å². The molecule has 0 saturated carbocycles. The van der Waals surface area contributed by atoms with Crippen molar-refractivity contribution in [2.75, 3.05) is 25.9 Å². The van der Waals surface area contributed by atoms with Crippen molar-refractivity contribution in [2.45, 2.75) is 25.3 Å². The van der Waals surface area contributed by atoms with Crippen LogP contribution in [0.3, 0.4) is 0 Å². The van der Waals surface area contributed by atoms with Crippen molar-refractivity contribution in [1.29, 1.82) is 0 Å². The standard InChI is InChI=1S/C14H22N2O2S/c1-12-14(13-6-4-3-5-7-13)8-10-16(12)11-9-15-19(2,17)18/h3-7,12,14-15H,8-11H2,1-2H3/t12-,14-/m0/s1. The summed E-state index contributed by atoms with van der Waals surface area (Å²) in [7, 11) is -3.08. The third kappa shape index (κ3) is 4.03.